The Morgan fingerprint density at radius 1 is 0.556 bits per heavy atom. The van der Waals surface area contributed by atoms with E-state index in [0.717, 1.165) is 12.1 Å². The molecule has 0 radical (unpaired) electrons. The Bertz CT molecular complexity index is 494. The third kappa shape index (κ3) is 3.38. The average Bonchev–Trinajstić information content (AvgIpc) is 2.32. The van der Waals surface area contributed by atoms with E-state index in [1.54, 1.807) is 6.07 Å². The molecule has 96 valence electrons. The second kappa shape index (κ2) is 5.53. The normalized spacial score (nSPS) is 9.33. The van der Waals surface area contributed by atoms with E-state index in [-0.39, 0.29) is 11.5 Å². The van der Waals surface area contributed by atoms with Crippen LogP contribution in [0.3, 0.4) is 0 Å². The minimum atomic E-state index is -0.708. The highest BCUT2D eigenvalue weighted by Gasteiger charge is 2.08. The summed E-state index contributed by atoms with van der Waals surface area (Å²) in [7, 11) is 0. The van der Waals surface area contributed by atoms with Crippen molar-refractivity contribution < 1.29 is 30.6 Å². The van der Waals surface area contributed by atoms with Crippen molar-refractivity contribution in [2.24, 2.45) is 0 Å². The minimum Gasteiger partial charge on any atom is -0.508 e. The third-order valence-corrected chi connectivity index (χ3v) is 1.94. The number of phenols is 6. The van der Waals surface area contributed by atoms with Gasteiger partial charge in [-0.1, -0.05) is 6.07 Å². The zero-order valence-corrected chi connectivity index (χ0v) is 9.15. The highest BCUT2D eigenvalue weighted by molar-refractivity contribution is 5.55. The zero-order valence-electron chi connectivity index (χ0n) is 9.15. The summed E-state index contributed by atoms with van der Waals surface area (Å²) in [6.07, 6.45) is 0. The van der Waals surface area contributed by atoms with Crippen molar-refractivity contribution in [1.29, 1.82) is 0 Å². The van der Waals surface area contributed by atoms with Gasteiger partial charge in [0, 0.05) is 6.07 Å². The number of phenolic OH excluding ortho intramolecular Hbond substituents is 6. The first-order valence-corrected chi connectivity index (χ1v) is 4.82. The molecule has 2 aromatic carbocycles. The first-order valence-electron chi connectivity index (χ1n) is 4.82. The van der Waals surface area contributed by atoms with E-state index in [2.05, 4.69) is 0 Å². The Morgan fingerprint density at radius 3 is 1.22 bits per heavy atom. The molecule has 0 aliphatic carbocycles. The lowest BCUT2D eigenvalue weighted by atomic mass is 10.3. The summed E-state index contributed by atoms with van der Waals surface area (Å²) in [6, 6.07) is 8.00. The molecule has 0 aliphatic rings. The molecule has 0 aromatic heterocycles. The Labute approximate surface area is 102 Å². The van der Waals surface area contributed by atoms with Gasteiger partial charge in [-0.3, -0.25) is 0 Å². The van der Waals surface area contributed by atoms with E-state index in [9.17, 15) is 0 Å². The molecule has 0 fully saturated rings. The van der Waals surface area contributed by atoms with E-state index in [1.807, 2.05) is 0 Å². The number of hydrogen-bond acceptors (Lipinski definition) is 6. The standard InChI is InChI=1S/C6H6O4.C6H6O2/c7-3-1-2-4(8)6(10)5(3)9;7-5-2-1-3-6(8)4-5/h1-2,7-10H;1-4,7-8H. The Morgan fingerprint density at radius 2 is 0.944 bits per heavy atom. The fourth-order valence-corrected chi connectivity index (χ4v) is 1.05. The van der Waals surface area contributed by atoms with Gasteiger partial charge in [-0.25, -0.2) is 0 Å². The van der Waals surface area contributed by atoms with Gasteiger partial charge in [0.05, 0.1) is 0 Å². The lowest BCUT2D eigenvalue weighted by Gasteiger charge is -2.00. The van der Waals surface area contributed by atoms with Gasteiger partial charge in [-0.2, -0.15) is 0 Å². The molecular weight excluding hydrogens is 240 g/mol. The average molecular weight is 252 g/mol. The van der Waals surface area contributed by atoms with Crippen molar-refractivity contribution in [3.05, 3.63) is 36.4 Å². The maximum Gasteiger partial charge on any atom is 0.204 e. The lowest BCUT2D eigenvalue weighted by molar-refractivity contribution is 0.346. The molecule has 0 saturated carbocycles. The summed E-state index contributed by atoms with van der Waals surface area (Å²) in [5, 5.41) is 52.2. The predicted octanol–water partition coefficient (Wildman–Crippen LogP) is 1.61. The third-order valence-electron chi connectivity index (χ3n) is 1.94. The van der Waals surface area contributed by atoms with Crippen LogP contribution in [0, 0.1) is 0 Å². The van der Waals surface area contributed by atoms with Crippen molar-refractivity contribution in [3.8, 4) is 34.5 Å². The Hall–Kier alpha value is -2.76. The van der Waals surface area contributed by atoms with Crippen LogP contribution in [0.2, 0.25) is 0 Å². The second-order valence-electron chi connectivity index (χ2n) is 3.32. The molecule has 2 rings (SSSR count). The van der Waals surface area contributed by atoms with Gasteiger partial charge in [0.2, 0.25) is 11.5 Å². The summed E-state index contributed by atoms with van der Waals surface area (Å²) >= 11 is 0. The molecule has 6 nitrogen and oxygen atoms in total. The molecule has 2 aromatic rings. The van der Waals surface area contributed by atoms with Crippen LogP contribution < -0.4 is 0 Å². The number of aromatic hydroxyl groups is 6. The molecule has 0 saturated heterocycles. The van der Waals surface area contributed by atoms with Crippen molar-refractivity contribution in [2.45, 2.75) is 0 Å². The maximum absolute atomic E-state index is 8.73. The van der Waals surface area contributed by atoms with E-state index >= 15 is 0 Å². The first kappa shape index (κ1) is 13.3. The second-order valence-corrected chi connectivity index (χ2v) is 3.32. The number of rotatable bonds is 0. The first-order chi connectivity index (χ1) is 8.41. The van der Waals surface area contributed by atoms with E-state index in [0.29, 0.717) is 0 Å². The Balaban J connectivity index is 0.000000184. The quantitative estimate of drug-likeness (QED) is 0.313. The molecule has 0 spiro atoms. The van der Waals surface area contributed by atoms with Crippen molar-refractivity contribution >= 4 is 0 Å². The fourth-order valence-electron chi connectivity index (χ4n) is 1.05. The van der Waals surface area contributed by atoms with E-state index in [4.69, 9.17) is 30.6 Å². The molecular formula is C12H12O6. The van der Waals surface area contributed by atoms with Crippen LogP contribution in [0.15, 0.2) is 36.4 Å². The van der Waals surface area contributed by atoms with Gasteiger partial charge in [-0.05, 0) is 24.3 Å². The molecule has 0 amide bonds. The molecule has 6 heteroatoms. The van der Waals surface area contributed by atoms with Crippen LogP contribution in [-0.4, -0.2) is 30.6 Å². The maximum atomic E-state index is 8.73. The highest BCUT2D eigenvalue weighted by Crippen LogP contribution is 2.40. The van der Waals surface area contributed by atoms with Crippen LogP contribution in [0.4, 0.5) is 0 Å². The van der Waals surface area contributed by atoms with Gasteiger partial charge >= 0.3 is 0 Å². The molecule has 0 heterocycles. The van der Waals surface area contributed by atoms with Crippen molar-refractivity contribution in [3.63, 3.8) is 0 Å². The van der Waals surface area contributed by atoms with E-state index < -0.39 is 23.0 Å². The molecule has 0 unspecified atom stereocenters. The lowest BCUT2D eigenvalue weighted by Crippen LogP contribution is -1.71. The topological polar surface area (TPSA) is 121 Å². The highest BCUT2D eigenvalue weighted by atomic mass is 16.3. The SMILES string of the molecule is Oc1ccc(O)c(O)c1O.Oc1cccc(O)c1. The smallest absolute Gasteiger partial charge is 0.204 e. The monoisotopic (exact) mass is 252 g/mol. The summed E-state index contributed by atoms with van der Waals surface area (Å²) in [6.45, 7) is 0. The summed E-state index contributed by atoms with van der Waals surface area (Å²) in [4.78, 5) is 0. The van der Waals surface area contributed by atoms with Gasteiger partial charge in [0.1, 0.15) is 11.5 Å². The minimum absolute atomic E-state index is 0.0880. The van der Waals surface area contributed by atoms with Crippen molar-refractivity contribution in [1.82, 2.24) is 0 Å². The van der Waals surface area contributed by atoms with Crippen LogP contribution in [0.5, 0.6) is 34.5 Å². The van der Waals surface area contributed by atoms with Gasteiger partial charge in [-0.15, -0.1) is 0 Å². The van der Waals surface area contributed by atoms with Crippen molar-refractivity contribution in [2.75, 3.05) is 0 Å². The van der Waals surface area contributed by atoms with Crippen LogP contribution in [0.1, 0.15) is 0 Å². The summed E-state index contributed by atoms with van der Waals surface area (Å²) < 4.78 is 0. The number of hydrogen-bond donors (Lipinski definition) is 6. The molecule has 18 heavy (non-hydrogen) atoms. The molecule has 6 N–H and O–H groups in total. The van der Waals surface area contributed by atoms with Gasteiger partial charge in [0.15, 0.2) is 11.5 Å². The number of benzene rings is 2. The summed E-state index contributed by atoms with van der Waals surface area (Å²) in [5.41, 5.74) is 0. The van der Waals surface area contributed by atoms with Gasteiger partial charge < -0.3 is 30.6 Å². The van der Waals surface area contributed by atoms with Crippen LogP contribution >= 0.6 is 0 Å². The van der Waals surface area contributed by atoms with Crippen LogP contribution in [-0.2, 0) is 0 Å². The fraction of sp³-hybridized carbons (Fsp3) is 0. The Kier molecular flexibility index (Phi) is 4.09. The van der Waals surface area contributed by atoms with E-state index in [1.165, 1.54) is 18.2 Å². The molecule has 0 bridgehead atoms. The zero-order chi connectivity index (χ0) is 13.7. The van der Waals surface area contributed by atoms with Crippen LogP contribution in [0.25, 0.3) is 0 Å². The predicted molar refractivity (Wildman–Crippen MR) is 62.9 cm³/mol. The largest absolute Gasteiger partial charge is 0.508 e. The molecule has 0 aliphatic heterocycles. The summed E-state index contributed by atoms with van der Waals surface area (Å²) in [5.74, 6) is -2.17. The van der Waals surface area contributed by atoms with Gasteiger partial charge in [0.25, 0.3) is 0 Å². The molecule has 0 atom stereocenters.